The van der Waals surface area contributed by atoms with Gasteiger partial charge < -0.3 is 14.7 Å². The number of ether oxygens (including phenoxy) is 1. The molecule has 2 aromatic rings. The monoisotopic (exact) mass is 392 g/mol. The van der Waals surface area contributed by atoms with Crippen molar-refractivity contribution in [1.29, 1.82) is 0 Å². The summed E-state index contributed by atoms with van der Waals surface area (Å²) in [6.45, 7) is 2.86. The average molecular weight is 392 g/mol. The Morgan fingerprint density at radius 3 is 2.81 bits per heavy atom. The number of aromatic nitrogens is 2. The molecule has 3 heterocycles. The third-order valence-electron chi connectivity index (χ3n) is 4.25. The largest absolute Gasteiger partial charge is 0.441 e. The van der Waals surface area contributed by atoms with E-state index in [1.165, 1.54) is 22.3 Å². The van der Waals surface area contributed by atoms with Crippen LogP contribution in [0.5, 0.6) is 0 Å². The number of hydrogen-bond donors (Lipinski definition) is 1. The summed E-state index contributed by atoms with van der Waals surface area (Å²) >= 11 is 1.44. The predicted octanol–water partition coefficient (Wildman–Crippen LogP) is 1.57. The van der Waals surface area contributed by atoms with Crippen LogP contribution in [-0.2, 0) is 4.74 Å². The molecule has 1 aromatic carbocycles. The third kappa shape index (κ3) is 3.43. The second-order valence-electron chi connectivity index (χ2n) is 6.09. The molecule has 1 N–H and O–H groups in total. The SMILES string of the molecule is Cc1nnc(N2CCN(c3ccc(N4CC(CO)OC4=O)cc3F)C=N2)s1. The molecule has 2 aliphatic rings. The van der Waals surface area contributed by atoms with Crippen LogP contribution < -0.4 is 14.8 Å². The van der Waals surface area contributed by atoms with Crippen LogP contribution in [-0.4, -0.2) is 60.1 Å². The lowest BCUT2D eigenvalue weighted by Crippen LogP contribution is -2.38. The minimum Gasteiger partial charge on any atom is -0.441 e. The normalized spacial score (nSPS) is 19.7. The number of benzene rings is 1. The number of aryl methyl sites for hydroxylation is 1. The molecule has 1 unspecified atom stereocenters. The maximum absolute atomic E-state index is 14.7. The van der Waals surface area contributed by atoms with Gasteiger partial charge in [-0.25, -0.2) is 14.2 Å². The lowest BCUT2D eigenvalue weighted by molar-refractivity contribution is 0.0963. The molecule has 0 spiro atoms. The standard InChI is InChI=1S/C16H17FN6O3S/c1-10-19-20-15(27-10)23-5-4-21(9-18-23)14-3-2-11(6-13(14)17)22-7-12(8-24)26-16(22)25/h2-3,6,9,12,24H,4-5,7-8H2,1H3. The van der Waals surface area contributed by atoms with E-state index in [1.54, 1.807) is 28.4 Å². The van der Waals surface area contributed by atoms with E-state index in [-0.39, 0.29) is 13.2 Å². The van der Waals surface area contributed by atoms with Gasteiger partial charge in [0.1, 0.15) is 23.3 Å². The van der Waals surface area contributed by atoms with Crippen LogP contribution in [0.3, 0.4) is 0 Å². The summed E-state index contributed by atoms with van der Waals surface area (Å²) in [6, 6.07) is 4.53. The van der Waals surface area contributed by atoms with Crippen molar-refractivity contribution >= 4 is 40.3 Å². The first-order chi connectivity index (χ1) is 13.0. The van der Waals surface area contributed by atoms with E-state index in [4.69, 9.17) is 9.84 Å². The molecule has 0 bridgehead atoms. The van der Waals surface area contributed by atoms with Crippen molar-refractivity contribution in [2.75, 3.05) is 41.0 Å². The molecule has 1 aromatic heterocycles. The Hall–Kier alpha value is -2.79. The van der Waals surface area contributed by atoms with Crippen molar-refractivity contribution in [1.82, 2.24) is 10.2 Å². The van der Waals surface area contributed by atoms with Gasteiger partial charge in [-0.2, -0.15) is 5.10 Å². The summed E-state index contributed by atoms with van der Waals surface area (Å²) in [5.74, 6) is -0.473. The maximum Gasteiger partial charge on any atom is 0.414 e. The molecule has 142 valence electrons. The molecular formula is C16H17FN6O3S. The Bertz CT molecular complexity index is 891. The summed E-state index contributed by atoms with van der Waals surface area (Å²) in [6.07, 6.45) is 0.359. The lowest BCUT2D eigenvalue weighted by atomic mass is 10.2. The van der Waals surface area contributed by atoms with Gasteiger partial charge in [-0.15, -0.1) is 10.2 Å². The Morgan fingerprint density at radius 2 is 2.22 bits per heavy atom. The van der Waals surface area contributed by atoms with Gasteiger partial charge in [-0.3, -0.25) is 4.90 Å². The number of aliphatic hydroxyl groups excluding tert-OH is 1. The highest BCUT2D eigenvalue weighted by atomic mass is 32.1. The molecule has 4 rings (SSSR count). The first kappa shape index (κ1) is 17.6. The smallest absolute Gasteiger partial charge is 0.414 e. The van der Waals surface area contributed by atoms with Gasteiger partial charge in [0.25, 0.3) is 0 Å². The van der Waals surface area contributed by atoms with Crippen LogP contribution in [0.15, 0.2) is 23.3 Å². The molecule has 1 amide bonds. The number of amides is 1. The number of nitrogens with zero attached hydrogens (tertiary/aromatic N) is 6. The van der Waals surface area contributed by atoms with E-state index in [0.29, 0.717) is 29.6 Å². The van der Waals surface area contributed by atoms with Crippen LogP contribution in [0, 0.1) is 12.7 Å². The fraction of sp³-hybridized carbons (Fsp3) is 0.375. The minimum absolute atomic E-state index is 0.190. The molecule has 1 saturated heterocycles. The number of cyclic esters (lactones) is 1. The Morgan fingerprint density at radius 1 is 1.37 bits per heavy atom. The summed E-state index contributed by atoms with van der Waals surface area (Å²) in [7, 11) is 0. The second-order valence-corrected chi connectivity index (χ2v) is 7.25. The third-order valence-corrected chi connectivity index (χ3v) is 5.10. The van der Waals surface area contributed by atoms with Crippen molar-refractivity contribution in [2.45, 2.75) is 13.0 Å². The molecule has 27 heavy (non-hydrogen) atoms. The van der Waals surface area contributed by atoms with Gasteiger partial charge in [0, 0.05) is 6.54 Å². The zero-order valence-electron chi connectivity index (χ0n) is 14.4. The Labute approximate surface area is 158 Å². The minimum atomic E-state index is -0.594. The first-order valence-electron chi connectivity index (χ1n) is 8.32. The molecule has 9 nitrogen and oxygen atoms in total. The van der Waals surface area contributed by atoms with E-state index < -0.39 is 18.0 Å². The zero-order valence-corrected chi connectivity index (χ0v) is 15.3. The van der Waals surface area contributed by atoms with E-state index in [2.05, 4.69) is 15.3 Å². The average Bonchev–Trinajstić information content (AvgIpc) is 3.27. The van der Waals surface area contributed by atoms with Crippen molar-refractivity contribution in [3.05, 3.63) is 29.0 Å². The summed E-state index contributed by atoms with van der Waals surface area (Å²) in [5.41, 5.74) is 0.749. The highest BCUT2D eigenvalue weighted by Gasteiger charge is 2.32. The summed E-state index contributed by atoms with van der Waals surface area (Å²) in [5, 5.41) is 24.7. The van der Waals surface area contributed by atoms with E-state index in [1.807, 2.05) is 6.92 Å². The van der Waals surface area contributed by atoms with Crippen LogP contribution >= 0.6 is 11.3 Å². The fourth-order valence-corrected chi connectivity index (χ4v) is 3.56. The predicted molar refractivity (Wildman–Crippen MR) is 98.9 cm³/mol. The second kappa shape index (κ2) is 7.08. The zero-order chi connectivity index (χ0) is 19.0. The van der Waals surface area contributed by atoms with Crippen LogP contribution in [0.2, 0.25) is 0 Å². The van der Waals surface area contributed by atoms with Gasteiger partial charge in [0.2, 0.25) is 5.13 Å². The van der Waals surface area contributed by atoms with Crippen LogP contribution in [0.4, 0.5) is 25.7 Å². The molecule has 1 fully saturated rings. The Balaban J connectivity index is 1.49. The van der Waals surface area contributed by atoms with E-state index in [9.17, 15) is 9.18 Å². The van der Waals surface area contributed by atoms with Gasteiger partial charge in [0.15, 0.2) is 0 Å². The van der Waals surface area contributed by atoms with Gasteiger partial charge >= 0.3 is 6.09 Å². The lowest BCUT2D eigenvalue weighted by Gasteiger charge is -2.28. The summed E-state index contributed by atoms with van der Waals surface area (Å²) < 4.78 is 19.6. The number of rotatable bonds is 4. The van der Waals surface area contributed by atoms with E-state index in [0.717, 1.165) is 5.01 Å². The number of hydrazone groups is 1. The molecular weight excluding hydrogens is 375 g/mol. The van der Waals surface area contributed by atoms with E-state index >= 15 is 0 Å². The number of carbonyl (C=O) groups excluding carboxylic acids is 1. The first-order valence-corrected chi connectivity index (χ1v) is 9.14. The van der Waals surface area contributed by atoms with Crippen molar-refractivity contribution in [2.24, 2.45) is 5.10 Å². The van der Waals surface area contributed by atoms with Crippen molar-refractivity contribution < 1.29 is 19.0 Å². The molecule has 0 aliphatic carbocycles. The highest BCUT2D eigenvalue weighted by Crippen LogP contribution is 2.29. The molecule has 0 radical (unpaired) electrons. The molecule has 11 heteroatoms. The van der Waals surface area contributed by atoms with Crippen LogP contribution in [0.1, 0.15) is 5.01 Å². The van der Waals surface area contributed by atoms with Gasteiger partial charge in [0.05, 0.1) is 31.1 Å². The number of anilines is 3. The van der Waals surface area contributed by atoms with Crippen molar-refractivity contribution in [3.8, 4) is 0 Å². The summed E-state index contributed by atoms with van der Waals surface area (Å²) in [4.78, 5) is 14.8. The molecule has 0 saturated carbocycles. The van der Waals surface area contributed by atoms with Crippen LogP contribution in [0.25, 0.3) is 0 Å². The number of hydrogen-bond acceptors (Lipinski definition) is 9. The Kier molecular flexibility index (Phi) is 4.62. The highest BCUT2D eigenvalue weighted by molar-refractivity contribution is 7.15. The van der Waals surface area contributed by atoms with Gasteiger partial charge in [-0.05, 0) is 25.1 Å². The number of aliphatic hydroxyl groups is 1. The number of carbonyl (C=O) groups is 1. The number of halogens is 1. The quantitative estimate of drug-likeness (QED) is 0.844. The molecule has 2 aliphatic heterocycles. The maximum atomic E-state index is 14.7. The van der Waals surface area contributed by atoms with Crippen molar-refractivity contribution in [3.63, 3.8) is 0 Å². The fourth-order valence-electron chi connectivity index (χ4n) is 2.88. The topological polar surface area (TPSA) is 94.4 Å². The molecule has 1 atom stereocenters. The van der Waals surface area contributed by atoms with Gasteiger partial charge in [-0.1, -0.05) is 11.3 Å².